The molecule has 2 heterocycles. The van der Waals surface area contributed by atoms with Gasteiger partial charge in [0.25, 0.3) is 0 Å². The van der Waals surface area contributed by atoms with Gasteiger partial charge in [-0.15, -0.1) is 11.3 Å². The molecule has 2 aromatic rings. The van der Waals surface area contributed by atoms with Crippen LogP contribution in [0.5, 0.6) is 11.5 Å². The van der Waals surface area contributed by atoms with E-state index in [2.05, 4.69) is 4.90 Å². The number of hydrogen-bond donors (Lipinski definition) is 1. The molecule has 5 nitrogen and oxygen atoms in total. The van der Waals surface area contributed by atoms with Crippen LogP contribution >= 0.6 is 22.9 Å². The minimum atomic E-state index is -0.706. The molecular formula is C19H22ClNO4S. The van der Waals surface area contributed by atoms with Crippen LogP contribution in [0.25, 0.3) is 0 Å². The molecule has 1 aromatic heterocycles. The molecule has 140 valence electrons. The number of hydrogen-bond acceptors (Lipinski definition) is 5. The van der Waals surface area contributed by atoms with Gasteiger partial charge >= 0.3 is 5.97 Å². The number of rotatable bonds is 6. The molecule has 3 rings (SSSR count). The second-order valence-electron chi connectivity index (χ2n) is 6.30. The molecule has 0 saturated carbocycles. The van der Waals surface area contributed by atoms with Crippen molar-refractivity contribution in [3.63, 3.8) is 0 Å². The summed E-state index contributed by atoms with van der Waals surface area (Å²) < 4.78 is 11.7. The maximum absolute atomic E-state index is 11.3. The van der Waals surface area contributed by atoms with Crippen LogP contribution in [0.4, 0.5) is 0 Å². The summed E-state index contributed by atoms with van der Waals surface area (Å²) in [5.41, 5.74) is 1.03. The van der Waals surface area contributed by atoms with E-state index in [0.717, 1.165) is 26.3 Å². The summed E-state index contributed by atoms with van der Waals surface area (Å²) >= 11 is 7.73. The molecule has 1 saturated heterocycles. The monoisotopic (exact) mass is 395 g/mol. The van der Waals surface area contributed by atoms with E-state index in [1.807, 2.05) is 30.3 Å². The van der Waals surface area contributed by atoms with E-state index in [0.29, 0.717) is 25.9 Å². The van der Waals surface area contributed by atoms with Crippen LogP contribution in [-0.4, -0.2) is 43.3 Å². The molecule has 1 N–H and O–H groups in total. The molecule has 1 aliphatic heterocycles. The van der Waals surface area contributed by atoms with Gasteiger partial charge in [-0.1, -0.05) is 11.6 Å². The predicted molar refractivity (Wildman–Crippen MR) is 103 cm³/mol. The molecule has 0 radical (unpaired) electrons. The number of methoxy groups -OCH3 is 2. The summed E-state index contributed by atoms with van der Waals surface area (Å²) in [6.07, 6.45) is 1.28. The third-order valence-corrected chi connectivity index (χ3v) is 6.13. The summed E-state index contributed by atoms with van der Waals surface area (Å²) in [6.45, 7) is 1.43. The standard InChI is InChI=1S/C19H22ClNO4S/c1-24-13-3-4-14(15(11-13)25-2)18(16-5-6-17(20)26-16)21-9-7-12(8-10-21)19(22)23/h3-6,11-12,18H,7-10H2,1-2H3,(H,22,23). The molecule has 1 aromatic carbocycles. The quantitative estimate of drug-likeness (QED) is 0.789. The van der Waals surface area contributed by atoms with E-state index in [1.165, 1.54) is 0 Å². The first-order chi connectivity index (χ1) is 12.5. The Balaban J connectivity index is 1.96. The number of likely N-dealkylation sites (tertiary alicyclic amines) is 1. The number of carboxylic acids is 1. The van der Waals surface area contributed by atoms with Gasteiger partial charge in [0.15, 0.2) is 0 Å². The van der Waals surface area contributed by atoms with E-state index in [-0.39, 0.29) is 12.0 Å². The summed E-state index contributed by atoms with van der Waals surface area (Å²) in [5, 5.41) is 9.27. The van der Waals surface area contributed by atoms with Gasteiger partial charge in [-0.3, -0.25) is 9.69 Å². The fraction of sp³-hybridized carbons (Fsp3) is 0.421. The molecule has 1 unspecified atom stereocenters. The Bertz CT molecular complexity index is 771. The number of piperidine rings is 1. The van der Waals surface area contributed by atoms with Crippen molar-refractivity contribution in [1.29, 1.82) is 0 Å². The summed E-state index contributed by atoms with van der Waals surface area (Å²) in [7, 11) is 3.27. The van der Waals surface area contributed by atoms with E-state index in [4.69, 9.17) is 21.1 Å². The lowest BCUT2D eigenvalue weighted by Crippen LogP contribution is -2.39. The zero-order valence-corrected chi connectivity index (χ0v) is 16.3. The molecule has 0 aliphatic carbocycles. The molecule has 0 spiro atoms. The average Bonchev–Trinajstić information content (AvgIpc) is 3.08. The maximum atomic E-state index is 11.3. The van der Waals surface area contributed by atoms with Crippen molar-refractivity contribution < 1.29 is 19.4 Å². The normalized spacial score (nSPS) is 17.0. The molecular weight excluding hydrogens is 374 g/mol. The number of ether oxygens (including phenoxy) is 2. The third-order valence-electron chi connectivity index (χ3n) is 4.84. The number of halogens is 1. The molecule has 0 amide bonds. The lowest BCUT2D eigenvalue weighted by molar-refractivity contribution is -0.143. The van der Waals surface area contributed by atoms with Gasteiger partial charge in [-0.25, -0.2) is 0 Å². The number of benzene rings is 1. The number of nitrogens with zero attached hydrogens (tertiary/aromatic N) is 1. The van der Waals surface area contributed by atoms with Gasteiger partial charge in [0.05, 0.1) is 30.5 Å². The topological polar surface area (TPSA) is 59.0 Å². The van der Waals surface area contributed by atoms with Crippen molar-refractivity contribution in [3.8, 4) is 11.5 Å². The van der Waals surface area contributed by atoms with Crippen LogP contribution in [0.1, 0.15) is 29.3 Å². The highest BCUT2D eigenvalue weighted by atomic mass is 35.5. The zero-order valence-electron chi connectivity index (χ0n) is 14.8. The minimum absolute atomic E-state index is 0.0249. The molecule has 1 atom stereocenters. The Morgan fingerprint density at radius 1 is 1.23 bits per heavy atom. The number of thiophene rings is 1. The lowest BCUT2D eigenvalue weighted by atomic mass is 9.93. The second-order valence-corrected chi connectivity index (χ2v) is 8.05. The molecule has 1 fully saturated rings. The van der Waals surface area contributed by atoms with Crippen molar-refractivity contribution in [2.45, 2.75) is 18.9 Å². The van der Waals surface area contributed by atoms with Crippen molar-refractivity contribution in [3.05, 3.63) is 45.1 Å². The van der Waals surface area contributed by atoms with E-state index in [1.54, 1.807) is 25.6 Å². The largest absolute Gasteiger partial charge is 0.497 e. The summed E-state index contributed by atoms with van der Waals surface area (Å²) in [6, 6.07) is 9.72. The van der Waals surface area contributed by atoms with Crippen LogP contribution in [0, 0.1) is 5.92 Å². The first kappa shape index (κ1) is 19.0. The van der Waals surface area contributed by atoms with E-state index in [9.17, 15) is 9.90 Å². The van der Waals surface area contributed by atoms with Gasteiger partial charge in [0.1, 0.15) is 11.5 Å². The Morgan fingerprint density at radius 3 is 2.50 bits per heavy atom. The number of aliphatic carboxylic acids is 1. The summed E-state index contributed by atoms with van der Waals surface area (Å²) in [5.74, 6) is 0.511. The Kier molecular flexibility index (Phi) is 6.06. The highest BCUT2D eigenvalue weighted by Crippen LogP contribution is 2.41. The molecule has 7 heteroatoms. The second kappa shape index (κ2) is 8.29. The van der Waals surface area contributed by atoms with Crippen molar-refractivity contribution in [2.75, 3.05) is 27.3 Å². The fourth-order valence-corrected chi connectivity index (χ4v) is 4.67. The number of carboxylic acid groups (broad SMARTS) is 1. The Hall–Kier alpha value is -1.76. The van der Waals surface area contributed by atoms with Gasteiger partial charge in [0, 0.05) is 16.5 Å². The molecule has 1 aliphatic rings. The van der Waals surface area contributed by atoms with Gasteiger partial charge in [0.2, 0.25) is 0 Å². The minimum Gasteiger partial charge on any atom is -0.497 e. The van der Waals surface area contributed by atoms with Crippen LogP contribution in [0.15, 0.2) is 30.3 Å². The van der Waals surface area contributed by atoms with Crippen molar-refractivity contribution >= 4 is 28.9 Å². The SMILES string of the molecule is COc1ccc(C(c2ccc(Cl)s2)N2CCC(C(=O)O)CC2)c(OC)c1. The van der Waals surface area contributed by atoms with E-state index < -0.39 is 5.97 Å². The highest BCUT2D eigenvalue weighted by Gasteiger charge is 2.32. The van der Waals surface area contributed by atoms with Gasteiger partial charge in [-0.2, -0.15) is 0 Å². The highest BCUT2D eigenvalue weighted by molar-refractivity contribution is 7.16. The lowest BCUT2D eigenvalue weighted by Gasteiger charge is -2.36. The van der Waals surface area contributed by atoms with Crippen molar-refractivity contribution in [2.24, 2.45) is 5.92 Å². The average molecular weight is 396 g/mol. The van der Waals surface area contributed by atoms with Gasteiger partial charge in [-0.05, 0) is 50.2 Å². The molecule has 26 heavy (non-hydrogen) atoms. The van der Waals surface area contributed by atoms with E-state index >= 15 is 0 Å². The van der Waals surface area contributed by atoms with Gasteiger partial charge < -0.3 is 14.6 Å². The summed E-state index contributed by atoms with van der Waals surface area (Å²) in [4.78, 5) is 14.7. The first-order valence-electron chi connectivity index (χ1n) is 8.47. The Labute approximate surface area is 162 Å². The van der Waals surface area contributed by atoms with Crippen LogP contribution in [0.2, 0.25) is 4.34 Å². The maximum Gasteiger partial charge on any atom is 0.306 e. The number of carbonyl (C=O) groups is 1. The van der Waals surface area contributed by atoms with Crippen LogP contribution in [-0.2, 0) is 4.79 Å². The smallest absolute Gasteiger partial charge is 0.306 e. The first-order valence-corrected chi connectivity index (χ1v) is 9.67. The zero-order chi connectivity index (χ0) is 18.7. The Morgan fingerprint density at radius 2 is 1.96 bits per heavy atom. The third kappa shape index (κ3) is 3.98. The van der Waals surface area contributed by atoms with Crippen molar-refractivity contribution in [1.82, 2.24) is 4.90 Å². The molecule has 0 bridgehead atoms. The van der Waals surface area contributed by atoms with Crippen LogP contribution in [0.3, 0.4) is 0 Å². The predicted octanol–water partition coefficient (Wildman–Crippen LogP) is 4.30. The fourth-order valence-electron chi connectivity index (χ4n) is 3.45. The van der Waals surface area contributed by atoms with Crippen LogP contribution < -0.4 is 9.47 Å².